The topological polar surface area (TPSA) is 24.7 Å². The van der Waals surface area contributed by atoms with E-state index in [1.54, 1.807) is 0 Å². The van der Waals surface area contributed by atoms with Gasteiger partial charge in [-0.1, -0.05) is 78.9 Å². The lowest BCUT2D eigenvalue weighted by Gasteiger charge is -2.09. The monoisotopic (exact) mass is 260 g/mol. The van der Waals surface area contributed by atoms with E-state index in [1.165, 1.54) is 0 Å². The molecule has 20 heavy (non-hydrogen) atoms. The molecule has 0 bridgehead atoms. The van der Waals surface area contributed by atoms with Gasteiger partial charge in [0.25, 0.3) is 0 Å². The first-order valence-corrected chi connectivity index (χ1v) is 6.80. The Morgan fingerprint density at radius 2 is 1.50 bits per heavy atom. The Balaban J connectivity index is 1.85. The molecule has 0 atom stereocenters. The van der Waals surface area contributed by atoms with Crippen LogP contribution < -0.4 is 0 Å². The molecule has 0 spiro atoms. The van der Waals surface area contributed by atoms with Crippen molar-refractivity contribution < 1.29 is 0 Å². The molecular formula is C18H16N2. The smallest absolute Gasteiger partial charge is 0.0809 e. The van der Waals surface area contributed by atoms with Crippen molar-refractivity contribution in [2.45, 2.75) is 0 Å². The first-order chi connectivity index (χ1) is 9.93. The van der Waals surface area contributed by atoms with Gasteiger partial charge < -0.3 is 0 Å². The van der Waals surface area contributed by atoms with Crippen LogP contribution in [-0.2, 0) is 0 Å². The van der Waals surface area contributed by atoms with Gasteiger partial charge in [0.1, 0.15) is 0 Å². The van der Waals surface area contributed by atoms with E-state index in [-0.39, 0.29) is 11.8 Å². The lowest BCUT2D eigenvalue weighted by atomic mass is 9.98. The Morgan fingerprint density at radius 3 is 2.20 bits per heavy atom. The highest BCUT2D eigenvalue weighted by Crippen LogP contribution is 2.17. The van der Waals surface area contributed by atoms with Crippen molar-refractivity contribution in [3.63, 3.8) is 0 Å². The van der Waals surface area contributed by atoms with Crippen LogP contribution in [-0.4, -0.2) is 11.9 Å². The molecule has 2 aliphatic rings. The first kappa shape index (κ1) is 12.5. The third-order valence-corrected chi connectivity index (χ3v) is 3.32. The Labute approximate surface area is 119 Å². The van der Waals surface area contributed by atoms with Crippen LogP contribution in [0.2, 0.25) is 0 Å². The summed E-state index contributed by atoms with van der Waals surface area (Å²) in [5.41, 5.74) is 2.10. The predicted molar refractivity (Wildman–Crippen MR) is 85.0 cm³/mol. The third-order valence-electron chi connectivity index (χ3n) is 3.32. The Kier molecular flexibility index (Phi) is 3.83. The van der Waals surface area contributed by atoms with Gasteiger partial charge in [0, 0.05) is 18.1 Å². The molecule has 2 heteroatoms. The normalized spacial score (nSPS) is 18.9. The summed E-state index contributed by atoms with van der Waals surface area (Å²) in [5.74, 6) is 0.481. The largest absolute Gasteiger partial charge is 0.162 e. The average molecular weight is 260 g/mol. The zero-order valence-corrected chi connectivity index (χ0v) is 11.1. The van der Waals surface area contributed by atoms with E-state index in [1.807, 2.05) is 36.6 Å². The molecule has 2 aliphatic carbocycles. The van der Waals surface area contributed by atoms with E-state index in [0.29, 0.717) is 0 Å². The molecule has 3 rings (SSSR count). The Hall–Kier alpha value is -2.48. The molecule has 2 nitrogen and oxygen atoms in total. The lowest BCUT2D eigenvalue weighted by Crippen LogP contribution is -2.10. The summed E-state index contributed by atoms with van der Waals surface area (Å²) in [6.07, 6.45) is 18.5. The van der Waals surface area contributed by atoms with Gasteiger partial charge in [0.15, 0.2) is 0 Å². The molecule has 0 aromatic heterocycles. The van der Waals surface area contributed by atoms with Crippen LogP contribution in [0.1, 0.15) is 5.56 Å². The summed E-state index contributed by atoms with van der Waals surface area (Å²) in [7, 11) is 0. The van der Waals surface area contributed by atoms with Crippen molar-refractivity contribution >= 4 is 11.9 Å². The standard InChI is InChI=1S/C18H16N2/c1-2-10-16(11-3-1)18(17-12-6-7-13-17)20-19-14-15-8-4-5-9-15/h1-15,17H/b19-14+,20-18-. The molecule has 0 heterocycles. The minimum absolute atomic E-state index is 0.212. The van der Waals surface area contributed by atoms with Gasteiger partial charge in [0.2, 0.25) is 0 Å². The van der Waals surface area contributed by atoms with Crippen molar-refractivity contribution in [3.8, 4) is 0 Å². The zero-order valence-electron chi connectivity index (χ0n) is 11.1. The second-order valence-corrected chi connectivity index (χ2v) is 4.76. The number of nitrogens with zero attached hydrogens (tertiary/aromatic N) is 2. The van der Waals surface area contributed by atoms with E-state index in [2.05, 4.69) is 58.8 Å². The predicted octanol–water partition coefficient (Wildman–Crippen LogP) is 3.95. The van der Waals surface area contributed by atoms with Crippen LogP contribution in [0.15, 0.2) is 89.1 Å². The first-order valence-electron chi connectivity index (χ1n) is 6.80. The highest BCUT2D eigenvalue weighted by Gasteiger charge is 2.14. The molecule has 1 aromatic carbocycles. The summed E-state index contributed by atoms with van der Waals surface area (Å²) in [5, 5.41) is 8.72. The quantitative estimate of drug-likeness (QED) is 0.578. The number of benzene rings is 1. The maximum atomic E-state index is 4.46. The molecule has 0 radical (unpaired) electrons. The van der Waals surface area contributed by atoms with Gasteiger partial charge in [-0.25, -0.2) is 0 Å². The van der Waals surface area contributed by atoms with Crippen molar-refractivity contribution in [2.24, 2.45) is 22.0 Å². The highest BCUT2D eigenvalue weighted by molar-refractivity contribution is 6.04. The fourth-order valence-corrected chi connectivity index (χ4v) is 2.26. The zero-order chi connectivity index (χ0) is 13.6. The maximum absolute atomic E-state index is 4.46. The van der Waals surface area contributed by atoms with Crippen LogP contribution in [0.5, 0.6) is 0 Å². The molecule has 0 N–H and O–H groups in total. The molecule has 0 amide bonds. The van der Waals surface area contributed by atoms with Gasteiger partial charge in [-0.3, -0.25) is 0 Å². The van der Waals surface area contributed by atoms with Crippen molar-refractivity contribution in [1.29, 1.82) is 0 Å². The van der Waals surface area contributed by atoms with Gasteiger partial charge in [-0.2, -0.15) is 10.2 Å². The molecule has 0 fully saturated rings. The number of rotatable bonds is 4. The molecule has 0 saturated heterocycles. The van der Waals surface area contributed by atoms with E-state index >= 15 is 0 Å². The van der Waals surface area contributed by atoms with Gasteiger partial charge in [0.05, 0.1) is 5.71 Å². The SMILES string of the molecule is C1=CC(/C=N/N=C(/c2ccccc2)C2C=CC=C2)C=C1. The fourth-order valence-electron chi connectivity index (χ4n) is 2.26. The van der Waals surface area contributed by atoms with Crippen LogP contribution in [0, 0.1) is 11.8 Å². The minimum Gasteiger partial charge on any atom is -0.162 e. The second-order valence-electron chi connectivity index (χ2n) is 4.76. The minimum atomic E-state index is 0.212. The van der Waals surface area contributed by atoms with Crippen molar-refractivity contribution in [3.05, 3.63) is 84.5 Å². The van der Waals surface area contributed by atoms with Gasteiger partial charge in [-0.05, 0) is 5.56 Å². The number of hydrogen-bond acceptors (Lipinski definition) is 2. The molecule has 1 aromatic rings. The number of allylic oxidation sites excluding steroid dienone is 8. The van der Waals surface area contributed by atoms with Crippen molar-refractivity contribution in [1.82, 2.24) is 0 Å². The van der Waals surface area contributed by atoms with Gasteiger partial charge >= 0.3 is 0 Å². The van der Waals surface area contributed by atoms with E-state index < -0.39 is 0 Å². The molecule has 0 unspecified atom stereocenters. The summed E-state index contributed by atoms with van der Waals surface area (Å²) < 4.78 is 0. The van der Waals surface area contributed by atoms with Crippen molar-refractivity contribution in [2.75, 3.05) is 0 Å². The molecule has 98 valence electrons. The van der Waals surface area contributed by atoms with E-state index in [4.69, 9.17) is 0 Å². The maximum Gasteiger partial charge on any atom is 0.0809 e. The fraction of sp³-hybridized carbons (Fsp3) is 0.111. The van der Waals surface area contributed by atoms with Crippen LogP contribution in [0.3, 0.4) is 0 Å². The third kappa shape index (κ3) is 2.91. The van der Waals surface area contributed by atoms with Crippen LogP contribution in [0.4, 0.5) is 0 Å². The second kappa shape index (κ2) is 6.11. The van der Waals surface area contributed by atoms with Gasteiger partial charge in [-0.15, -0.1) is 0 Å². The highest BCUT2D eigenvalue weighted by atomic mass is 15.2. The molecule has 0 saturated carbocycles. The number of hydrogen-bond donors (Lipinski definition) is 0. The van der Waals surface area contributed by atoms with Crippen LogP contribution in [0.25, 0.3) is 0 Å². The summed E-state index contributed by atoms with van der Waals surface area (Å²) >= 11 is 0. The van der Waals surface area contributed by atoms with E-state index in [0.717, 1.165) is 11.3 Å². The molecular weight excluding hydrogens is 244 g/mol. The summed E-state index contributed by atoms with van der Waals surface area (Å²) in [4.78, 5) is 0. The Bertz CT molecular complexity index is 607. The van der Waals surface area contributed by atoms with E-state index in [9.17, 15) is 0 Å². The lowest BCUT2D eigenvalue weighted by molar-refractivity contribution is 1.08. The average Bonchev–Trinajstić information content (AvgIpc) is 3.18. The summed E-state index contributed by atoms with van der Waals surface area (Å²) in [6.45, 7) is 0. The Morgan fingerprint density at radius 1 is 0.850 bits per heavy atom. The van der Waals surface area contributed by atoms with Crippen LogP contribution >= 0.6 is 0 Å². The summed E-state index contributed by atoms with van der Waals surface area (Å²) in [6, 6.07) is 10.2. The molecule has 0 aliphatic heterocycles.